The van der Waals surface area contributed by atoms with Crippen LogP contribution >= 0.6 is 0 Å². The fraction of sp³-hybridized carbons (Fsp3) is 0.769. The molecule has 3 amide bonds. The van der Waals surface area contributed by atoms with E-state index in [2.05, 4.69) is 10.6 Å². The van der Waals surface area contributed by atoms with Crippen molar-refractivity contribution < 1.29 is 19.5 Å². The first-order chi connectivity index (χ1) is 9.43. The van der Waals surface area contributed by atoms with Crippen LogP contribution in [0, 0.1) is 5.92 Å². The quantitative estimate of drug-likeness (QED) is 0.681. The number of carboxylic acids is 1. The first-order valence-corrected chi connectivity index (χ1v) is 6.93. The highest BCUT2D eigenvalue weighted by Gasteiger charge is 2.24. The van der Waals surface area contributed by atoms with Gasteiger partial charge in [-0.2, -0.15) is 0 Å². The highest BCUT2D eigenvalue weighted by molar-refractivity contribution is 5.86. The highest BCUT2D eigenvalue weighted by atomic mass is 16.4. The number of hydrogen-bond acceptors (Lipinski definition) is 3. The van der Waals surface area contributed by atoms with Gasteiger partial charge in [-0.25, -0.2) is 4.79 Å². The Bertz CT molecular complexity index is 365. The van der Waals surface area contributed by atoms with E-state index in [0.717, 1.165) is 12.8 Å². The number of rotatable bonds is 5. The first-order valence-electron chi connectivity index (χ1n) is 6.93. The predicted molar refractivity (Wildman–Crippen MR) is 73.2 cm³/mol. The highest BCUT2D eigenvalue weighted by Crippen LogP contribution is 2.21. The predicted octanol–water partition coefficient (Wildman–Crippen LogP) is 0.407. The minimum atomic E-state index is -0.774. The fourth-order valence-corrected chi connectivity index (χ4v) is 2.31. The van der Waals surface area contributed by atoms with Crippen molar-refractivity contribution >= 4 is 17.9 Å². The summed E-state index contributed by atoms with van der Waals surface area (Å²) in [5.74, 6) is -0.634. The molecular formula is C13H23N3O4. The molecule has 0 saturated carbocycles. The van der Waals surface area contributed by atoms with Crippen LogP contribution in [0.2, 0.25) is 0 Å². The Morgan fingerprint density at radius 2 is 1.90 bits per heavy atom. The number of aliphatic carboxylic acids is 1. The number of amides is 3. The van der Waals surface area contributed by atoms with E-state index < -0.39 is 12.0 Å². The molecule has 7 nitrogen and oxygen atoms in total. The number of nitrogens with zero attached hydrogens (tertiary/aromatic N) is 1. The molecule has 1 atom stereocenters. The van der Waals surface area contributed by atoms with Gasteiger partial charge in [-0.15, -0.1) is 0 Å². The molecule has 3 N–H and O–H groups in total. The maximum absolute atomic E-state index is 11.9. The molecule has 1 saturated heterocycles. The third kappa shape index (κ3) is 5.07. The maximum atomic E-state index is 11.9. The Balaban J connectivity index is 2.32. The summed E-state index contributed by atoms with van der Waals surface area (Å²) in [5.41, 5.74) is 0. The number of piperidine rings is 1. The van der Waals surface area contributed by atoms with E-state index in [1.54, 1.807) is 11.8 Å². The third-order valence-electron chi connectivity index (χ3n) is 3.65. The van der Waals surface area contributed by atoms with Crippen molar-refractivity contribution in [2.45, 2.75) is 38.6 Å². The van der Waals surface area contributed by atoms with E-state index in [1.165, 1.54) is 7.05 Å². The number of carboxylic acid groups (broad SMARTS) is 1. The molecule has 1 fully saturated rings. The van der Waals surface area contributed by atoms with E-state index in [4.69, 9.17) is 5.11 Å². The van der Waals surface area contributed by atoms with E-state index in [-0.39, 0.29) is 18.4 Å². The lowest BCUT2D eigenvalue weighted by molar-refractivity contribution is -0.137. The van der Waals surface area contributed by atoms with Gasteiger partial charge in [-0.3, -0.25) is 9.59 Å². The second-order valence-corrected chi connectivity index (χ2v) is 5.15. The van der Waals surface area contributed by atoms with E-state index >= 15 is 0 Å². The molecule has 20 heavy (non-hydrogen) atoms. The van der Waals surface area contributed by atoms with Crippen molar-refractivity contribution in [3.8, 4) is 0 Å². The number of nitrogens with one attached hydrogen (secondary N) is 2. The molecule has 0 bridgehead atoms. The molecule has 1 rings (SSSR count). The number of hydrogen-bond donors (Lipinski definition) is 3. The van der Waals surface area contributed by atoms with Gasteiger partial charge in [-0.1, -0.05) is 0 Å². The zero-order valence-electron chi connectivity index (χ0n) is 12.0. The molecule has 0 aromatic carbocycles. The third-order valence-corrected chi connectivity index (χ3v) is 3.65. The van der Waals surface area contributed by atoms with Crippen LogP contribution < -0.4 is 10.6 Å². The lowest BCUT2D eigenvalue weighted by Crippen LogP contribution is -2.51. The lowest BCUT2D eigenvalue weighted by atomic mass is 9.92. The van der Waals surface area contributed by atoms with Gasteiger partial charge in [-0.05, 0) is 32.1 Å². The molecule has 0 spiro atoms. The second kappa shape index (κ2) is 7.72. The van der Waals surface area contributed by atoms with Crippen LogP contribution in [0.25, 0.3) is 0 Å². The molecule has 1 unspecified atom stereocenters. The van der Waals surface area contributed by atoms with Gasteiger partial charge in [0.1, 0.15) is 6.04 Å². The fourth-order valence-electron chi connectivity index (χ4n) is 2.31. The van der Waals surface area contributed by atoms with Crippen LogP contribution in [0.4, 0.5) is 4.79 Å². The van der Waals surface area contributed by atoms with Gasteiger partial charge < -0.3 is 20.6 Å². The smallest absolute Gasteiger partial charge is 0.318 e. The van der Waals surface area contributed by atoms with Gasteiger partial charge >= 0.3 is 12.0 Å². The minimum absolute atomic E-state index is 0.185. The summed E-state index contributed by atoms with van der Waals surface area (Å²) >= 11 is 0. The zero-order chi connectivity index (χ0) is 15.1. The topological polar surface area (TPSA) is 98.7 Å². The van der Waals surface area contributed by atoms with E-state index in [0.29, 0.717) is 25.4 Å². The Labute approximate surface area is 118 Å². The monoisotopic (exact) mass is 285 g/mol. The van der Waals surface area contributed by atoms with E-state index in [9.17, 15) is 14.4 Å². The maximum Gasteiger partial charge on any atom is 0.318 e. The van der Waals surface area contributed by atoms with Gasteiger partial charge in [0.25, 0.3) is 0 Å². The first kappa shape index (κ1) is 16.3. The molecule has 0 aliphatic carbocycles. The SMILES string of the molecule is CNC(=O)C(C)NC(=O)N1CCC(CCC(=O)O)CC1. The van der Waals surface area contributed by atoms with E-state index in [1.807, 2.05) is 0 Å². The molecule has 7 heteroatoms. The Morgan fingerprint density at radius 3 is 2.40 bits per heavy atom. The Kier molecular flexibility index (Phi) is 6.27. The van der Waals surface area contributed by atoms with Gasteiger partial charge in [0.05, 0.1) is 0 Å². The van der Waals surface area contributed by atoms with Crippen LogP contribution in [0.5, 0.6) is 0 Å². The van der Waals surface area contributed by atoms with Gasteiger partial charge in [0.15, 0.2) is 0 Å². The summed E-state index contributed by atoms with van der Waals surface area (Å²) in [4.78, 5) is 35.5. The second-order valence-electron chi connectivity index (χ2n) is 5.15. The number of likely N-dealkylation sites (N-methyl/N-ethyl adjacent to an activating group) is 1. The van der Waals surface area contributed by atoms with Crippen LogP contribution in [0.1, 0.15) is 32.6 Å². The standard InChI is InChI=1S/C13H23N3O4/c1-9(12(19)14-2)15-13(20)16-7-5-10(6-8-16)3-4-11(17)18/h9-10H,3-8H2,1-2H3,(H,14,19)(H,15,20)(H,17,18). The Hall–Kier alpha value is -1.79. The molecule has 1 heterocycles. The number of carbonyl (C=O) groups excluding carboxylic acids is 2. The minimum Gasteiger partial charge on any atom is -0.481 e. The summed E-state index contributed by atoms with van der Waals surface area (Å²) in [7, 11) is 1.53. The average molecular weight is 285 g/mol. The van der Waals surface area contributed by atoms with Gasteiger partial charge in [0, 0.05) is 26.6 Å². The molecule has 1 aliphatic rings. The average Bonchev–Trinajstić information content (AvgIpc) is 2.44. The van der Waals surface area contributed by atoms with Crippen molar-refractivity contribution in [3.63, 3.8) is 0 Å². The van der Waals surface area contributed by atoms with Crippen molar-refractivity contribution in [2.75, 3.05) is 20.1 Å². The Morgan fingerprint density at radius 1 is 1.30 bits per heavy atom. The summed E-state index contributed by atoms with van der Waals surface area (Å²) in [6.07, 6.45) is 2.48. The summed E-state index contributed by atoms with van der Waals surface area (Å²) in [6, 6.07) is -0.796. The van der Waals surface area contributed by atoms with Crippen molar-refractivity contribution in [2.24, 2.45) is 5.92 Å². The van der Waals surface area contributed by atoms with Crippen LogP contribution in [-0.4, -0.2) is 54.1 Å². The lowest BCUT2D eigenvalue weighted by Gasteiger charge is -2.32. The van der Waals surface area contributed by atoms with Crippen molar-refractivity contribution in [3.05, 3.63) is 0 Å². The molecule has 0 aromatic rings. The molecule has 1 aliphatic heterocycles. The van der Waals surface area contributed by atoms with Gasteiger partial charge in [0.2, 0.25) is 5.91 Å². The van der Waals surface area contributed by atoms with Crippen molar-refractivity contribution in [1.29, 1.82) is 0 Å². The zero-order valence-corrected chi connectivity index (χ0v) is 12.0. The largest absolute Gasteiger partial charge is 0.481 e. The van der Waals surface area contributed by atoms with Crippen LogP contribution in [0.15, 0.2) is 0 Å². The van der Waals surface area contributed by atoms with Crippen molar-refractivity contribution in [1.82, 2.24) is 15.5 Å². The molecular weight excluding hydrogens is 262 g/mol. The summed E-state index contributed by atoms with van der Waals surface area (Å²) < 4.78 is 0. The normalized spacial score (nSPS) is 17.4. The molecule has 0 radical (unpaired) electrons. The molecule has 0 aromatic heterocycles. The number of likely N-dealkylation sites (tertiary alicyclic amines) is 1. The van der Waals surface area contributed by atoms with Crippen LogP contribution in [0.3, 0.4) is 0 Å². The number of urea groups is 1. The number of carbonyl (C=O) groups is 3. The van der Waals surface area contributed by atoms with Crippen LogP contribution in [-0.2, 0) is 9.59 Å². The summed E-state index contributed by atoms with van der Waals surface area (Å²) in [6.45, 7) is 2.85. The summed E-state index contributed by atoms with van der Waals surface area (Å²) in [5, 5.41) is 13.8. The molecule has 114 valence electrons.